The first kappa shape index (κ1) is 16.2. The molecule has 0 amide bonds. The topological polar surface area (TPSA) is 81.9 Å². The van der Waals surface area contributed by atoms with Gasteiger partial charge in [0.05, 0.1) is 12.0 Å². The molecule has 0 radical (unpaired) electrons. The molecule has 1 aromatic rings. The van der Waals surface area contributed by atoms with Crippen molar-refractivity contribution >= 4 is 10.0 Å². The van der Waals surface area contributed by atoms with Crippen LogP contribution in [0.4, 0.5) is 0 Å². The lowest BCUT2D eigenvalue weighted by molar-refractivity contribution is 0.0590. The lowest BCUT2D eigenvalue weighted by Crippen LogP contribution is -2.45. The molecule has 0 saturated carbocycles. The van der Waals surface area contributed by atoms with Crippen LogP contribution in [0.1, 0.15) is 12.8 Å². The van der Waals surface area contributed by atoms with Crippen molar-refractivity contribution < 1.29 is 17.9 Å². The van der Waals surface area contributed by atoms with E-state index in [9.17, 15) is 8.42 Å². The van der Waals surface area contributed by atoms with Crippen molar-refractivity contribution in [2.75, 3.05) is 33.4 Å². The molecule has 21 heavy (non-hydrogen) atoms. The number of ether oxygens (including phenoxy) is 2. The largest absolute Gasteiger partial charge is 0.497 e. The molecule has 118 valence electrons. The highest BCUT2D eigenvalue weighted by atomic mass is 32.2. The monoisotopic (exact) mass is 314 g/mol. The van der Waals surface area contributed by atoms with Crippen LogP contribution in [0.15, 0.2) is 29.2 Å². The van der Waals surface area contributed by atoms with Crippen LogP contribution in [0.25, 0.3) is 0 Å². The summed E-state index contributed by atoms with van der Waals surface area (Å²) in [6.07, 6.45) is 1.40. The maximum absolute atomic E-state index is 12.9. The Hall–Kier alpha value is -1.15. The summed E-state index contributed by atoms with van der Waals surface area (Å²) >= 11 is 0. The predicted molar refractivity (Wildman–Crippen MR) is 79.8 cm³/mol. The Bertz CT molecular complexity index is 556. The fraction of sp³-hybridized carbons (Fsp3) is 0.571. The van der Waals surface area contributed by atoms with Crippen molar-refractivity contribution in [2.45, 2.75) is 23.8 Å². The third-order valence-electron chi connectivity index (χ3n) is 3.60. The van der Waals surface area contributed by atoms with E-state index in [-0.39, 0.29) is 10.9 Å². The first-order valence-corrected chi connectivity index (χ1v) is 8.47. The van der Waals surface area contributed by atoms with Gasteiger partial charge in [0.2, 0.25) is 10.0 Å². The van der Waals surface area contributed by atoms with Crippen LogP contribution < -0.4 is 10.5 Å². The Labute approximate surface area is 125 Å². The highest BCUT2D eigenvalue weighted by molar-refractivity contribution is 7.89. The molecule has 1 aliphatic rings. The maximum Gasteiger partial charge on any atom is 0.243 e. The molecule has 7 heteroatoms. The third kappa shape index (κ3) is 3.74. The van der Waals surface area contributed by atoms with Crippen molar-refractivity contribution in [1.82, 2.24) is 4.31 Å². The fourth-order valence-corrected chi connectivity index (χ4v) is 4.23. The van der Waals surface area contributed by atoms with Gasteiger partial charge in [0, 0.05) is 38.4 Å². The highest BCUT2D eigenvalue weighted by Gasteiger charge is 2.32. The molecule has 2 rings (SSSR count). The van der Waals surface area contributed by atoms with Gasteiger partial charge in [0.25, 0.3) is 0 Å². The van der Waals surface area contributed by atoms with Crippen molar-refractivity contribution in [3.05, 3.63) is 24.3 Å². The van der Waals surface area contributed by atoms with Crippen LogP contribution in [0.2, 0.25) is 0 Å². The predicted octanol–water partition coefficient (Wildman–Crippen LogP) is 0.824. The standard InChI is InChI=1S/C14H22N2O4S/c1-19-13-3-2-4-14(11-13)21(17,18)16(8-7-15)12-5-9-20-10-6-12/h2-4,11-12H,5-10,15H2,1H3. The Balaban J connectivity index is 2.31. The zero-order chi connectivity index (χ0) is 15.3. The first-order valence-electron chi connectivity index (χ1n) is 7.03. The summed E-state index contributed by atoms with van der Waals surface area (Å²) in [5, 5.41) is 0. The Morgan fingerprint density at radius 2 is 2.10 bits per heavy atom. The van der Waals surface area contributed by atoms with Gasteiger partial charge in [-0.3, -0.25) is 0 Å². The molecule has 0 aliphatic carbocycles. The molecule has 1 aliphatic heterocycles. The summed E-state index contributed by atoms with van der Waals surface area (Å²) in [4.78, 5) is 0.238. The van der Waals surface area contributed by atoms with Crippen molar-refractivity contribution in [1.29, 1.82) is 0 Å². The second-order valence-electron chi connectivity index (χ2n) is 4.93. The number of methoxy groups -OCH3 is 1. The second kappa shape index (κ2) is 7.22. The van der Waals surface area contributed by atoms with E-state index in [1.165, 1.54) is 17.5 Å². The highest BCUT2D eigenvalue weighted by Crippen LogP contribution is 2.25. The minimum absolute atomic E-state index is 0.0569. The third-order valence-corrected chi connectivity index (χ3v) is 5.54. The fourth-order valence-electron chi connectivity index (χ4n) is 2.50. The zero-order valence-electron chi connectivity index (χ0n) is 12.2. The van der Waals surface area contributed by atoms with E-state index >= 15 is 0 Å². The molecule has 0 spiro atoms. The van der Waals surface area contributed by atoms with Gasteiger partial charge in [0.1, 0.15) is 5.75 Å². The molecule has 1 heterocycles. The summed E-state index contributed by atoms with van der Waals surface area (Å²) in [5.41, 5.74) is 5.60. The van der Waals surface area contributed by atoms with Crippen LogP contribution in [0.5, 0.6) is 5.75 Å². The van der Waals surface area contributed by atoms with E-state index in [0.717, 1.165) is 0 Å². The molecule has 0 unspecified atom stereocenters. The molecule has 2 N–H and O–H groups in total. The minimum atomic E-state index is -3.58. The van der Waals surface area contributed by atoms with Gasteiger partial charge in [-0.1, -0.05) is 6.07 Å². The van der Waals surface area contributed by atoms with E-state index in [1.54, 1.807) is 18.2 Å². The van der Waals surface area contributed by atoms with Gasteiger partial charge in [-0.2, -0.15) is 4.31 Å². The van der Waals surface area contributed by atoms with Gasteiger partial charge in [-0.25, -0.2) is 8.42 Å². The number of hydrogen-bond acceptors (Lipinski definition) is 5. The number of nitrogens with zero attached hydrogens (tertiary/aromatic N) is 1. The molecule has 1 saturated heterocycles. The summed E-state index contributed by atoms with van der Waals surface area (Å²) in [5.74, 6) is 0.524. The number of sulfonamides is 1. The van der Waals surface area contributed by atoms with Crippen LogP contribution in [-0.4, -0.2) is 52.2 Å². The SMILES string of the molecule is COc1cccc(S(=O)(=O)N(CCN)C2CCOCC2)c1. The number of rotatable bonds is 6. The van der Waals surface area contributed by atoms with Gasteiger partial charge in [-0.05, 0) is 25.0 Å². The lowest BCUT2D eigenvalue weighted by atomic mass is 10.1. The number of nitrogens with two attached hydrogens (primary N) is 1. The van der Waals surface area contributed by atoms with E-state index < -0.39 is 10.0 Å². The molecule has 0 bridgehead atoms. The maximum atomic E-state index is 12.9. The van der Waals surface area contributed by atoms with Crippen molar-refractivity contribution in [2.24, 2.45) is 5.73 Å². The van der Waals surface area contributed by atoms with Crippen LogP contribution >= 0.6 is 0 Å². The van der Waals surface area contributed by atoms with Gasteiger partial charge in [-0.15, -0.1) is 0 Å². The number of hydrogen-bond donors (Lipinski definition) is 1. The molecular formula is C14H22N2O4S. The summed E-state index contributed by atoms with van der Waals surface area (Å²) < 4.78 is 37.6. The average molecular weight is 314 g/mol. The van der Waals surface area contributed by atoms with E-state index in [4.69, 9.17) is 15.2 Å². The molecular weight excluding hydrogens is 292 g/mol. The summed E-state index contributed by atoms with van der Waals surface area (Å²) in [7, 11) is -2.06. The van der Waals surface area contributed by atoms with E-state index in [1.807, 2.05) is 0 Å². The Morgan fingerprint density at radius 3 is 2.71 bits per heavy atom. The Morgan fingerprint density at radius 1 is 1.38 bits per heavy atom. The van der Waals surface area contributed by atoms with E-state index in [0.29, 0.717) is 44.9 Å². The lowest BCUT2D eigenvalue weighted by Gasteiger charge is -2.33. The van der Waals surface area contributed by atoms with Crippen molar-refractivity contribution in [3.63, 3.8) is 0 Å². The average Bonchev–Trinajstić information content (AvgIpc) is 2.53. The Kier molecular flexibility index (Phi) is 5.58. The summed E-state index contributed by atoms with van der Waals surface area (Å²) in [6.45, 7) is 1.77. The molecule has 1 fully saturated rings. The van der Waals surface area contributed by atoms with Gasteiger partial charge >= 0.3 is 0 Å². The normalized spacial score (nSPS) is 17.1. The molecule has 0 atom stereocenters. The van der Waals surface area contributed by atoms with Gasteiger partial charge in [0.15, 0.2) is 0 Å². The zero-order valence-corrected chi connectivity index (χ0v) is 13.0. The van der Waals surface area contributed by atoms with E-state index in [2.05, 4.69) is 0 Å². The van der Waals surface area contributed by atoms with Crippen LogP contribution in [0.3, 0.4) is 0 Å². The van der Waals surface area contributed by atoms with Crippen LogP contribution in [-0.2, 0) is 14.8 Å². The van der Waals surface area contributed by atoms with Crippen molar-refractivity contribution in [3.8, 4) is 5.75 Å². The quantitative estimate of drug-likeness (QED) is 0.841. The molecule has 1 aromatic carbocycles. The molecule has 6 nitrogen and oxygen atoms in total. The molecule has 0 aromatic heterocycles. The smallest absolute Gasteiger partial charge is 0.243 e. The minimum Gasteiger partial charge on any atom is -0.497 e. The first-order chi connectivity index (χ1) is 10.1. The summed E-state index contributed by atoms with van der Waals surface area (Å²) in [6, 6.07) is 6.47. The second-order valence-corrected chi connectivity index (χ2v) is 6.82. The van der Waals surface area contributed by atoms with Crippen LogP contribution in [0, 0.1) is 0 Å². The number of benzene rings is 1. The van der Waals surface area contributed by atoms with Gasteiger partial charge < -0.3 is 15.2 Å².